The minimum Gasteiger partial charge on any atom is -0.436 e. The molecule has 0 spiro atoms. The van der Waals surface area contributed by atoms with Gasteiger partial charge in [-0.3, -0.25) is 0 Å². The largest absolute Gasteiger partial charge is 0.436 e. The third kappa shape index (κ3) is 2.36. The van der Waals surface area contributed by atoms with E-state index in [1.165, 1.54) is 5.56 Å². The van der Waals surface area contributed by atoms with Gasteiger partial charge < -0.3 is 10.2 Å². The molecule has 3 nitrogen and oxygen atoms in total. The van der Waals surface area contributed by atoms with Gasteiger partial charge >= 0.3 is 0 Å². The minimum atomic E-state index is 0.586. The number of hydrogen-bond donors (Lipinski definition) is 1. The summed E-state index contributed by atoms with van der Waals surface area (Å²) in [6.45, 7) is 2.06. The third-order valence-corrected chi connectivity index (χ3v) is 2.98. The monoisotopic (exact) mass is 250 g/mol. The van der Waals surface area contributed by atoms with E-state index in [9.17, 15) is 0 Å². The SMILES string of the molecule is Cc1ccc(-c2cnc(-c3cccc(N)c3)o2)cc1. The van der Waals surface area contributed by atoms with Crippen LogP contribution in [0.5, 0.6) is 0 Å². The lowest BCUT2D eigenvalue weighted by Gasteiger charge is -1.98. The van der Waals surface area contributed by atoms with Gasteiger partial charge in [-0.25, -0.2) is 4.98 Å². The number of nitrogen functional groups attached to an aromatic ring is 1. The van der Waals surface area contributed by atoms with Crippen molar-refractivity contribution in [3.05, 3.63) is 60.3 Å². The summed E-state index contributed by atoms with van der Waals surface area (Å²) in [5.41, 5.74) is 9.59. The summed E-state index contributed by atoms with van der Waals surface area (Å²) in [6, 6.07) is 15.7. The average Bonchev–Trinajstić information content (AvgIpc) is 2.89. The number of nitrogens with two attached hydrogens (primary N) is 1. The van der Waals surface area contributed by atoms with E-state index in [1.54, 1.807) is 6.20 Å². The molecule has 0 unspecified atom stereocenters. The molecule has 19 heavy (non-hydrogen) atoms. The first-order valence-corrected chi connectivity index (χ1v) is 6.11. The van der Waals surface area contributed by atoms with Crippen LogP contribution in [0.3, 0.4) is 0 Å². The lowest BCUT2D eigenvalue weighted by molar-refractivity contribution is 0.589. The summed E-state index contributed by atoms with van der Waals surface area (Å²) in [7, 11) is 0. The van der Waals surface area contributed by atoms with Gasteiger partial charge in [-0.1, -0.05) is 35.9 Å². The molecule has 3 aromatic rings. The van der Waals surface area contributed by atoms with Crippen molar-refractivity contribution in [3.63, 3.8) is 0 Å². The first-order chi connectivity index (χ1) is 9.22. The number of rotatable bonds is 2. The Morgan fingerprint density at radius 1 is 1.00 bits per heavy atom. The topological polar surface area (TPSA) is 52.0 Å². The number of benzene rings is 2. The van der Waals surface area contributed by atoms with Gasteiger partial charge in [0.2, 0.25) is 5.89 Å². The molecule has 0 fully saturated rings. The smallest absolute Gasteiger partial charge is 0.226 e. The predicted molar refractivity (Wildman–Crippen MR) is 76.5 cm³/mol. The number of oxazole rings is 1. The highest BCUT2D eigenvalue weighted by Gasteiger charge is 2.08. The van der Waals surface area contributed by atoms with Gasteiger partial charge in [0.1, 0.15) is 0 Å². The Kier molecular flexibility index (Phi) is 2.80. The van der Waals surface area contributed by atoms with Crippen LogP contribution in [0.4, 0.5) is 5.69 Å². The molecule has 2 N–H and O–H groups in total. The third-order valence-electron chi connectivity index (χ3n) is 2.98. The Hall–Kier alpha value is -2.55. The van der Waals surface area contributed by atoms with E-state index < -0.39 is 0 Å². The van der Waals surface area contributed by atoms with Crippen LogP contribution in [0.25, 0.3) is 22.8 Å². The lowest BCUT2D eigenvalue weighted by atomic mass is 10.1. The van der Waals surface area contributed by atoms with E-state index in [4.69, 9.17) is 10.2 Å². The van der Waals surface area contributed by atoms with Crippen LogP contribution >= 0.6 is 0 Å². The zero-order valence-electron chi connectivity index (χ0n) is 10.6. The van der Waals surface area contributed by atoms with Gasteiger partial charge in [-0.05, 0) is 25.1 Å². The fraction of sp³-hybridized carbons (Fsp3) is 0.0625. The minimum absolute atomic E-state index is 0.586. The second-order valence-electron chi connectivity index (χ2n) is 4.52. The molecule has 94 valence electrons. The van der Waals surface area contributed by atoms with Gasteiger partial charge in [-0.2, -0.15) is 0 Å². The molecule has 0 aliphatic heterocycles. The summed E-state index contributed by atoms with van der Waals surface area (Å²) < 4.78 is 5.78. The van der Waals surface area contributed by atoms with Crippen molar-refractivity contribution in [1.29, 1.82) is 0 Å². The maximum absolute atomic E-state index is 5.78. The van der Waals surface area contributed by atoms with Crippen molar-refractivity contribution >= 4 is 5.69 Å². The second kappa shape index (κ2) is 4.61. The van der Waals surface area contributed by atoms with E-state index >= 15 is 0 Å². The molecule has 0 radical (unpaired) electrons. The number of hydrogen-bond acceptors (Lipinski definition) is 3. The van der Waals surface area contributed by atoms with E-state index in [-0.39, 0.29) is 0 Å². The Bertz CT molecular complexity index is 699. The van der Waals surface area contributed by atoms with E-state index in [0.717, 1.165) is 16.9 Å². The van der Waals surface area contributed by atoms with Crippen LogP contribution in [-0.4, -0.2) is 4.98 Å². The number of aromatic nitrogens is 1. The summed E-state index contributed by atoms with van der Waals surface area (Å²) in [6.07, 6.45) is 1.74. The fourth-order valence-electron chi connectivity index (χ4n) is 1.93. The first kappa shape index (κ1) is 11.5. The Morgan fingerprint density at radius 3 is 2.53 bits per heavy atom. The fourth-order valence-corrected chi connectivity index (χ4v) is 1.93. The maximum Gasteiger partial charge on any atom is 0.226 e. The van der Waals surface area contributed by atoms with Gasteiger partial charge in [0, 0.05) is 16.8 Å². The Balaban J connectivity index is 1.97. The van der Waals surface area contributed by atoms with Crippen molar-refractivity contribution in [1.82, 2.24) is 4.98 Å². The summed E-state index contributed by atoms with van der Waals surface area (Å²) >= 11 is 0. The molecule has 0 aliphatic carbocycles. The van der Waals surface area contributed by atoms with E-state index in [0.29, 0.717) is 11.6 Å². The molecule has 0 saturated carbocycles. The molecule has 0 saturated heterocycles. The molecule has 0 bridgehead atoms. The summed E-state index contributed by atoms with van der Waals surface area (Å²) in [5.74, 6) is 1.35. The van der Waals surface area contributed by atoms with Crippen molar-refractivity contribution < 1.29 is 4.42 Å². The van der Waals surface area contributed by atoms with Gasteiger partial charge in [0.15, 0.2) is 5.76 Å². The van der Waals surface area contributed by atoms with Crippen molar-refractivity contribution in [2.24, 2.45) is 0 Å². The highest BCUT2D eigenvalue weighted by Crippen LogP contribution is 2.26. The number of anilines is 1. The van der Waals surface area contributed by atoms with Crippen LogP contribution in [0.15, 0.2) is 59.1 Å². The van der Waals surface area contributed by atoms with Crippen molar-refractivity contribution in [2.75, 3.05) is 5.73 Å². The van der Waals surface area contributed by atoms with Crippen LogP contribution in [0.2, 0.25) is 0 Å². The summed E-state index contributed by atoms with van der Waals surface area (Å²) in [5, 5.41) is 0. The maximum atomic E-state index is 5.78. The Morgan fingerprint density at radius 2 is 1.79 bits per heavy atom. The molecular weight excluding hydrogens is 236 g/mol. The zero-order valence-corrected chi connectivity index (χ0v) is 10.6. The quantitative estimate of drug-likeness (QED) is 0.702. The molecule has 0 amide bonds. The Labute approximate surface area is 111 Å². The molecule has 0 aliphatic rings. The van der Waals surface area contributed by atoms with Gasteiger partial charge in [0.25, 0.3) is 0 Å². The lowest BCUT2D eigenvalue weighted by Crippen LogP contribution is -1.84. The van der Waals surface area contributed by atoms with Gasteiger partial charge in [-0.15, -0.1) is 0 Å². The molecule has 2 aromatic carbocycles. The molecule has 3 rings (SSSR count). The highest BCUT2D eigenvalue weighted by atomic mass is 16.4. The highest BCUT2D eigenvalue weighted by molar-refractivity contribution is 5.63. The predicted octanol–water partition coefficient (Wildman–Crippen LogP) is 3.90. The van der Waals surface area contributed by atoms with E-state index in [1.807, 2.05) is 36.4 Å². The molecule has 1 heterocycles. The molecular formula is C16H14N2O. The van der Waals surface area contributed by atoms with Crippen LogP contribution in [0, 0.1) is 6.92 Å². The van der Waals surface area contributed by atoms with Crippen LogP contribution in [0.1, 0.15) is 5.56 Å². The molecule has 0 atom stereocenters. The normalized spacial score (nSPS) is 10.6. The van der Waals surface area contributed by atoms with Crippen LogP contribution in [-0.2, 0) is 0 Å². The number of nitrogens with zero attached hydrogens (tertiary/aromatic N) is 1. The number of aryl methyl sites for hydroxylation is 1. The summed E-state index contributed by atoms with van der Waals surface area (Å²) in [4.78, 5) is 4.30. The van der Waals surface area contributed by atoms with Crippen molar-refractivity contribution in [3.8, 4) is 22.8 Å². The first-order valence-electron chi connectivity index (χ1n) is 6.11. The van der Waals surface area contributed by atoms with Crippen LogP contribution < -0.4 is 5.73 Å². The van der Waals surface area contributed by atoms with Gasteiger partial charge in [0.05, 0.1) is 6.20 Å². The standard InChI is InChI=1S/C16H14N2O/c1-11-5-7-12(8-6-11)15-10-18-16(19-15)13-3-2-4-14(17)9-13/h2-10H,17H2,1H3. The average molecular weight is 250 g/mol. The second-order valence-corrected chi connectivity index (χ2v) is 4.52. The van der Waals surface area contributed by atoms with E-state index in [2.05, 4.69) is 24.0 Å². The molecule has 3 heteroatoms. The molecule has 1 aromatic heterocycles. The zero-order chi connectivity index (χ0) is 13.2. The van der Waals surface area contributed by atoms with Crippen molar-refractivity contribution in [2.45, 2.75) is 6.92 Å².